The minimum Gasteiger partial charge on any atom is -0.492 e. The normalized spacial score (nSPS) is 21.5. The fraction of sp³-hybridized carbons (Fsp3) is 0.571. The Bertz CT molecular complexity index is 385. The van der Waals surface area contributed by atoms with Crippen molar-refractivity contribution in [2.75, 3.05) is 46.4 Å². The Labute approximate surface area is 113 Å². The molecule has 19 heavy (non-hydrogen) atoms. The summed E-state index contributed by atoms with van der Waals surface area (Å²) in [6.45, 7) is 5.21. The van der Waals surface area contributed by atoms with E-state index in [9.17, 15) is 4.39 Å². The maximum atomic E-state index is 12.8. The van der Waals surface area contributed by atoms with Crippen molar-refractivity contribution in [2.24, 2.45) is 5.73 Å². The molecule has 1 aliphatic rings. The van der Waals surface area contributed by atoms with E-state index >= 15 is 0 Å². The fourth-order valence-electron chi connectivity index (χ4n) is 2.38. The largest absolute Gasteiger partial charge is 0.492 e. The third-order valence-corrected chi connectivity index (χ3v) is 3.54. The van der Waals surface area contributed by atoms with Crippen molar-refractivity contribution in [1.82, 2.24) is 9.80 Å². The average molecular weight is 267 g/mol. The summed E-state index contributed by atoms with van der Waals surface area (Å²) >= 11 is 0. The zero-order valence-electron chi connectivity index (χ0n) is 11.4. The van der Waals surface area contributed by atoms with E-state index in [-0.39, 0.29) is 5.82 Å². The van der Waals surface area contributed by atoms with Crippen LogP contribution in [0.1, 0.15) is 0 Å². The molecule has 2 N–H and O–H groups in total. The van der Waals surface area contributed by atoms with Crippen molar-refractivity contribution in [3.63, 3.8) is 0 Å². The number of rotatable bonds is 5. The van der Waals surface area contributed by atoms with Gasteiger partial charge < -0.3 is 15.4 Å². The van der Waals surface area contributed by atoms with Crippen molar-refractivity contribution < 1.29 is 9.13 Å². The molecule has 1 aliphatic heterocycles. The molecule has 0 aromatic heterocycles. The van der Waals surface area contributed by atoms with E-state index < -0.39 is 0 Å². The third kappa shape index (κ3) is 4.16. The Kier molecular flexibility index (Phi) is 5.13. The highest BCUT2D eigenvalue weighted by Crippen LogP contribution is 2.12. The van der Waals surface area contributed by atoms with Gasteiger partial charge in [0.25, 0.3) is 0 Å². The predicted molar refractivity (Wildman–Crippen MR) is 73.8 cm³/mol. The predicted octanol–water partition coefficient (Wildman–Crippen LogP) is 0.779. The zero-order chi connectivity index (χ0) is 13.7. The van der Waals surface area contributed by atoms with Gasteiger partial charge in [0.1, 0.15) is 18.2 Å². The Hall–Kier alpha value is -1.17. The molecule has 5 heteroatoms. The lowest BCUT2D eigenvalue weighted by Crippen LogP contribution is -2.55. The number of likely N-dealkylation sites (N-methyl/N-ethyl adjacent to an activating group) is 1. The summed E-state index contributed by atoms with van der Waals surface area (Å²) in [5.41, 5.74) is 5.80. The Morgan fingerprint density at radius 1 is 1.32 bits per heavy atom. The summed E-state index contributed by atoms with van der Waals surface area (Å²) in [7, 11) is 2.12. The highest BCUT2D eigenvalue weighted by Gasteiger charge is 2.23. The van der Waals surface area contributed by atoms with E-state index in [0.29, 0.717) is 24.9 Å². The molecular weight excluding hydrogens is 245 g/mol. The van der Waals surface area contributed by atoms with Crippen LogP contribution in [0.2, 0.25) is 0 Å². The van der Waals surface area contributed by atoms with E-state index in [1.54, 1.807) is 12.1 Å². The van der Waals surface area contributed by atoms with Crippen molar-refractivity contribution in [1.29, 1.82) is 0 Å². The van der Waals surface area contributed by atoms with Gasteiger partial charge in [0.05, 0.1) is 0 Å². The van der Waals surface area contributed by atoms with Crippen LogP contribution in [0.15, 0.2) is 24.3 Å². The average Bonchev–Trinajstić information content (AvgIpc) is 2.42. The summed E-state index contributed by atoms with van der Waals surface area (Å²) in [5.74, 6) is 0.467. The van der Waals surface area contributed by atoms with Gasteiger partial charge in [0.2, 0.25) is 0 Å². The van der Waals surface area contributed by atoms with Crippen LogP contribution < -0.4 is 10.5 Å². The van der Waals surface area contributed by atoms with Gasteiger partial charge in [-0.3, -0.25) is 4.90 Å². The van der Waals surface area contributed by atoms with Crippen molar-refractivity contribution >= 4 is 0 Å². The maximum absolute atomic E-state index is 12.8. The molecule has 1 aromatic carbocycles. The van der Waals surface area contributed by atoms with Crippen LogP contribution >= 0.6 is 0 Å². The molecule has 0 amide bonds. The molecule has 1 aromatic rings. The second-order valence-electron chi connectivity index (χ2n) is 4.99. The third-order valence-electron chi connectivity index (χ3n) is 3.54. The molecule has 106 valence electrons. The number of hydrogen-bond acceptors (Lipinski definition) is 4. The van der Waals surface area contributed by atoms with Crippen LogP contribution in [0, 0.1) is 5.82 Å². The van der Waals surface area contributed by atoms with Gasteiger partial charge in [0.15, 0.2) is 0 Å². The van der Waals surface area contributed by atoms with Gasteiger partial charge in [-0.2, -0.15) is 0 Å². The summed E-state index contributed by atoms with van der Waals surface area (Å²) in [6, 6.07) is 6.52. The van der Waals surface area contributed by atoms with Gasteiger partial charge in [-0.05, 0) is 31.3 Å². The fourth-order valence-corrected chi connectivity index (χ4v) is 2.38. The minimum atomic E-state index is -0.241. The lowest BCUT2D eigenvalue weighted by atomic mass is 10.2. The minimum absolute atomic E-state index is 0.241. The summed E-state index contributed by atoms with van der Waals surface area (Å²) in [4.78, 5) is 4.67. The number of hydrogen-bond donors (Lipinski definition) is 1. The number of benzene rings is 1. The number of halogens is 1. The smallest absolute Gasteiger partial charge is 0.123 e. The summed E-state index contributed by atoms with van der Waals surface area (Å²) in [5, 5.41) is 0. The van der Waals surface area contributed by atoms with Crippen LogP contribution in [-0.4, -0.2) is 62.2 Å². The standard InChI is InChI=1S/C14H22FN3O/c1-17-6-7-18(13(10-16)11-17)8-9-19-14-4-2-12(15)3-5-14/h2-5,13H,6-11,16H2,1H3. The molecule has 1 unspecified atom stereocenters. The second-order valence-corrected chi connectivity index (χ2v) is 4.99. The van der Waals surface area contributed by atoms with Crippen molar-refractivity contribution in [3.05, 3.63) is 30.1 Å². The van der Waals surface area contributed by atoms with Crippen LogP contribution in [0.25, 0.3) is 0 Å². The SMILES string of the molecule is CN1CCN(CCOc2ccc(F)cc2)C(CN)C1. The van der Waals surface area contributed by atoms with Gasteiger partial charge in [-0.25, -0.2) is 4.39 Å². The molecule has 1 fully saturated rings. The zero-order valence-corrected chi connectivity index (χ0v) is 11.4. The Balaban J connectivity index is 1.77. The van der Waals surface area contributed by atoms with E-state index in [0.717, 1.165) is 26.2 Å². The number of nitrogens with zero attached hydrogens (tertiary/aromatic N) is 2. The van der Waals surface area contributed by atoms with Gasteiger partial charge >= 0.3 is 0 Å². The van der Waals surface area contributed by atoms with Crippen LogP contribution in [-0.2, 0) is 0 Å². The van der Waals surface area contributed by atoms with E-state index in [4.69, 9.17) is 10.5 Å². The van der Waals surface area contributed by atoms with Crippen molar-refractivity contribution in [2.45, 2.75) is 6.04 Å². The number of piperazine rings is 1. The first kappa shape index (κ1) is 14.2. The van der Waals surface area contributed by atoms with E-state index in [1.165, 1.54) is 12.1 Å². The molecule has 4 nitrogen and oxygen atoms in total. The molecule has 1 atom stereocenters. The first-order valence-electron chi connectivity index (χ1n) is 6.70. The summed E-state index contributed by atoms with van der Waals surface area (Å²) < 4.78 is 18.4. The first-order valence-corrected chi connectivity index (χ1v) is 6.70. The van der Waals surface area contributed by atoms with Crippen LogP contribution in [0.5, 0.6) is 5.75 Å². The molecule has 0 spiro atoms. The van der Waals surface area contributed by atoms with Crippen LogP contribution in [0.4, 0.5) is 4.39 Å². The highest BCUT2D eigenvalue weighted by molar-refractivity contribution is 5.21. The Morgan fingerprint density at radius 2 is 2.05 bits per heavy atom. The number of nitrogens with two attached hydrogens (primary N) is 1. The molecule has 0 bridgehead atoms. The summed E-state index contributed by atoms with van der Waals surface area (Å²) in [6.07, 6.45) is 0. The monoisotopic (exact) mass is 267 g/mol. The first-order chi connectivity index (χ1) is 9.19. The van der Waals surface area contributed by atoms with Crippen molar-refractivity contribution in [3.8, 4) is 5.75 Å². The lowest BCUT2D eigenvalue weighted by molar-refractivity contribution is 0.0807. The van der Waals surface area contributed by atoms with E-state index in [2.05, 4.69) is 16.8 Å². The van der Waals surface area contributed by atoms with E-state index in [1.807, 2.05) is 0 Å². The lowest BCUT2D eigenvalue weighted by Gasteiger charge is -2.39. The molecule has 0 saturated carbocycles. The number of ether oxygens (including phenoxy) is 1. The van der Waals surface area contributed by atoms with Gasteiger partial charge in [-0.15, -0.1) is 0 Å². The molecule has 0 radical (unpaired) electrons. The van der Waals surface area contributed by atoms with Crippen LogP contribution in [0.3, 0.4) is 0 Å². The maximum Gasteiger partial charge on any atom is 0.123 e. The molecule has 0 aliphatic carbocycles. The molecule has 1 saturated heterocycles. The topological polar surface area (TPSA) is 41.7 Å². The molecular formula is C14H22FN3O. The van der Waals surface area contributed by atoms with Gasteiger partial charge in [-0.1, -0.05) is 0 Å². The van der Waals surface area contributed by atoms with Gasteiger partial charge in [0, 0.05) is 38.8 Å². The molecule has 1 heterocycles. The Morgan fingerprint density at radius 3 is 2.74 bits per heavy atom. The molecule has 2 rings (SSSR count). The second kappa shape index (κ2) is 6.84. The highest BCUT2D eigenvalue weighted by atomic mass is 19.1. The quantitative estimate of drug-likeness (QED) is 0.856.